The molecule has 4 heteroatoms. The standard InChI is InChI=1S/C37H26N4/c1-2-10-26-23-27(20-19-25(26)9-1)28-11-3-4-12-29(28)32-14-7-15-33(39-32)34-16-8-18-37(40-34)41-35-17-6-5-13-30(35)31-24-38-22-21-36(31)41/h1-23,38H,24H2. The van der Waals surface area contributed by atoms with E-state index in [4.69, 9.17) is 9.97 Å². The first-order chi connectivity index (χ1) is 20.3. The van der Waals surface area contributed by atoms with Gasteiger partial charge in [-0.2, -0.15) is 0 Å². The highest BCUT2D eigenvalue weighted by atomic mass is 15.1. The van der Waals surface area contributed by atoms with Crippen molar-refractivity contribution in [3.05, 3.63) is 145 Å². The molecule has 0 saturated heterocycles. The number of nitrogens with zero attached hydrogens (tertiary/aromatic N) is 3. The van der Waals surface area contributed by atoms with E-state index < -0.39 is 0 Å². The molecular weight excluding hydrogens is 500 g/mol. The van der Waals surface area contributed by atoms with E-state index in [-0.39, 0.29) is 0 Å². The summed E-state index contributed by atoms with van der Waals surface area (Å²) in [6.07, 6.45) is 4.15. The van der Waals surface area contributed by atoms with Crippen molar-refractivity contribution in [1.29, 1.82) is 0 Å². The van der Waals surface area contributed by atoms with Crippen LogP contribution in [0.25, 0.3) is 67.3 Å². The van der Waals surface area contributed by atoms with Crippen LogP contribution in [-0.2, 0) is 6.54 Å². The highest BCUT2D eigenvalue weighted by Crippen LogP contribution is 2.35. The molecule has 4 heterocycles. The summed E-state index contributed by atoms with van der Waals surface area (Å²) in [6.45, 7) is 0.805. The average Bonchev–Trinajstić information content (AvgIpc) is 3.39. The predicted octanol–water partition coefficient (Wildman–Crippen LogP) is 8.65. The molecule has 1 N–H and O–H groups in total. The van der Waals surface area contributed by atoms with Crippen molar-refractivity contribution < 1.29 is 0 Å². The number of hydrogen-bond acceptors (Lipinski definition) is 3. The third kappa shape index (κ3) is 4.00. The molecule has 4 nitrogen and oxygen atoms in total. The van der Waals surface area contributed by atoms with Crippen LogP contribution in [0.5, 0.6) is 0 Å². The Kier molecular flexibility index (Phi) is 5.49. The largest absolute Gasteiger partial charge is 0.387 e. The van der Waals surface area contributed by atoms with Gasteiger partial charge in [0.05, 0.1) is 28.3 Å². The van der Waals surface area contributed by atoms with E-state index >= 15 is 0 Å². The van der Waals surface area contributed by atoms with Gasteiger partial charge in [0.25, 0.3) is 0 Å². The van der Waals surface area contributed by atoms with Crippen LogP contribution in [0.3, 0.4) is 0 Å². The molecule has 0 unspecified atom stereocenters. The molecule has 4 aromatic carbocycles. The second-order valence-corrected chi connectivity index (χ2v) is 10.3. The quantitative estimate of drug-likeness (QED) is 0.250. The Morgan fingerprint density at radius 3 is 2.24 bits per heavy atom. The minimum atomic E-state index is 0.805. The van der Waals surface area contributed by atoms with Gasteiger partial charge in [0.15, 0.2) is 0 Å². The van der Waals surface area contributed by atoms with Crippen molar-refractivity contribution in [2.24, 2.45) is 0 Å². The highest BCUT2D eigenvalue weighted by Gasteiger charge is 2.19. The third-order valence-electron chi connectivity index (χ3n) is 7.90. The molecule has 8 rings (SSSR count). The van der Waals surface area contributed by atoms with E-state index in [2.05, 4.69) is 131 Å². The van der Waals surface area contributed by atoms with E-state index in [9.17, 15) is 0 Å². The molecule has 0 amide bonds. The summed E-state index contributed by atoms with van der Waals surface area (Å²) in [6, 6.07) is 44.5. The van der Waals surface area contributed by atoms with Crippen LogP contribution in [0.15, 0.2) is 134 Å². The molecular formula is C37H26N4. The summed E-state index contributed by atoms with van der Waals surface area (Å²) in [4.78, 5) is 10.3. The van der Waals surface area contributed by atoms with Crippen LogP contribution < -0.4 is 5.32 Å². The first kappa shape index (κ1) is 23.4. The minimum absolute atomic E-state index is 0.805. The van der Waals surface area contributed by atoms with Crippen LogP contribution >= 0.6 is 0 Å². The summed E-state index contributed by atoms with van der Waals surface area (Å²) >= 11 is 0. The number of nitrogens with one attached hydrogen (secondary N) is 1. The van der Waals surface area contributed by atoms with Gasteiger partial charge >= 0.3 is 0 Å². The Labute approximate surface area is 238 Å². The third-order valence-corrected chi connectivity index (χ3v) is 7.90. The SMILES string of the molecule is C1=Cc2c(c3ccccc3n2-c2cccc(-c3cccc(-c4ccccc4-c4ccc5ccccc5c4)n3)n2)CN1. The maximum atomic E-state index is 5.14. The molecule has 0 aliphatic carbocycles. The number of aromatic nitrogens is 3. The molecule has 0 fully saturated rings. The molecule has 194 valence electrons. The lowest BCUT2D eigenvalue weighted by Gasteiger charge is -2.14. The fraction of sp³-hybridized carbons (Fsp3) is 0.0270. The number of pyridine rings is 2. The lowest BCUT2D eigenvalue weighted by Crippen LogP contribution is -2.11. The Balaban J connectivity index is 1.23. The van der Waals surface area contributed by atoms with Crippen LogP contribution in [0, 0.1) is 0 Å². The van der Waals surface area contributed by atoms with Gasteiger partial charge in [-0.25, -0.2) is 9.97 Å². The van der Waals surface area contributed by atoms with Crippen LogP contribution in [0.1, 0.15) is 11.3 Å². The summed E-state index contributed by atoms with van der Waals surface area (Å²) in [7, 11) is 0. The zero-order chi connectivity index (χ0) is 27.2. The monoisotopic (exact) mass is 526 g/mol. The average molecular weight is 527 g/mol. The number of rotatable bonds is 4. The van der Waals surface area contributed by atoms with Gasteiger partial charge in [-0.05, 0) is 70.6 Å². The Bertz CT molecular complexity index is 2120. The fourth-order valence-corrected chi connectivity index (χ4v) is 5.97. The summed E-state index contributed by atoms with van der Waals surface area (Å²) in [5, 5.41) is 7.07. The van der Waals surface area contributed by atoms with Crippen molar-refractivity contribution in [2.45, 2.75) is 6.54 Å². The van der Waals surface area contributed by atoms with Crippen LogP contribution in [0.4, 0.5) is 0 Å². The number of benzene rings is 4. The van der Waals surface area contributed by atoms with Crippen molar-refractivity contribution in [3.8, 4) is 39.6 Å². The molecule has 0 radical (unpaired) electrons. The maximum Gasteiger partial charge on any atom is 0.138 e. The Hall–Kier alpha value is -5.48. The fourth-order valence-electron chi connectivity index (χ4n) is 5.97. The minimum Gasteiger partial charge on any atom is -0.387 e. The van der Waals surface area contributed by atoms with Crippen molar-refractivity contribution in [2.75, 3.05) is 0 Å². The zero-order valence-corrected chi connectivity index (χ0v) is 22.3. The summed E-state index contributed by atoms with van der Waals surface area (Å²) in [5.74, 6) is 0.885. The van der Waals surface area contributed by atoms with Crippen molar-refractivity contribution >= 4 is 27.8 Å². The Morgan fingerprint density at radius 2 is 1.32 bits per heavy atom. The Morgan fingerprint density at radius 1 is 0.585 bits per heavy atom. The van der Waals surface area contributed by atoms with Gasteiger partial charge in [-0.1, -0.05) is 91.0 Å². The van der Waals surface area contributed by atoms with E-state index in [0.717, 1.165) is 46.1 Å². The highest BCUT2D eigenvalue weighted by molar-refractivity contribution is 5.92. The van der Waals surface area contributed by atoms with Crippen LogP contribution in [-0.4, -0.2) is 14.5 Å². The van der Waals surface area contributed by atoms with Gasteiger partial charge in [-0.3, -0.25) is 4.57 Å². The van der Waals surface area contributed by atoms with E-state index in [1.165, 1.54) is 33.0 Å². The lowest BCUT2D eigenvalue weighted by atomic mass is 9.95. The van der Waals surface area contributed by atoms with Gasteiger partial charge in [0.2, 0.25) is 0 Å². The maximum absolute atomic E-state index is 5.14. The van der Waals surface area contributed by atoms with Gasteiger partial charge in [-0.15, -0.1) is 0 Å². The molecule has 3 aromatic heterocycles. The molecule has 41 heavy (non-hydrogen) atoms. The molecule has 1 aliphatic rings. The molecule has 7 aromatic rings. The van der Waals surface area contributed by atoms with Gasteiger partial charge in [0, 0.05) is 23.1 Å². The normalized spacial score (nSPS) is 12.4. The van der Waals surface area contributed by atoms with Crippen molar-refractivity contribution in [3.63, 3.8) is 0 Å². The first-order valence-electron chi connectivity index (χ1n) is 13.9. The van der Waals surface area contributed by atoms with E-state index in [0.29, 0.717) is 0 Å². The number of para-hydroxylation sites is 1. The predicted molar refractivity (Wildman–Crippen MR) is 169 cm³/mol. The van der Waals surface area contributed by atoms with Crippen molar-refractivity contribution in [1.82, 2.24) is 19.9 Å². The molecule has 1 aliphatic heterocycles. The second kappa shape index (κ2) is 9.61. The molecule has 0 atom stereocenters. The van der Waals surface area contributed by atoms with E-state index in [1.807, 2.05) is 18.3 Å². The zero-order valence-electron chi connectivity index (χ0n) is 22.3. The molecule has 0 saturated carbocycles. The second-order valence-electron chi connectivity index (χ2n) is 10.3. The number of fused-ring (bicyclic) bond motifs is 4. The van der Waals surface area contributed by atoms with Crippen LogP contribution in [0.2, 0.25) is 0 Å². The summed E-state index contributed by atoms with van der Waals surface area (Å²) < 4.78 is 2.25. The lowest BCUT2D eigenvalue weighted by molar-refractivity contribution is 0.852. The molecule has 0 bridgehead atoms. The van der Waals surface area contributed by atoms with E-state index in [1.54, 1.807) is 0 Å². The summed E-state index contributed by atoms with van der Waals surface area (Å²) in [5.41, 5.74) is 9.68. The number of hydrogen-bond donors (Lipinski definition) is 1. The molecule has 0 spiro atoms. The smallest absolute Gasteiger partial charge is 0.138 e. The van der Waals surface area contributed by atoms with Gasteiger partial charge in [0.1, 0.15) is 5.82 Å². The first-order valence-corrected chi connectivity index (χ1v) is 13.9. The topological polar surface area (TPSA) is 42.7 Å². The van der Waals surface area contributed by atoms with Gasteiger partial charge < -0.3 is 5.32 Å².